The minimum Gasteiger partial charge on any atom is -0.498 e. The largest absolute Gasteiger partial charge is 2.00 e. The molecule has 0 saturated heterocycles. The van der Waals surface area contributed by atoms with Gasteiger partial charge in [0.05, 0.1) is 0 Å². The Morgan fingerprint density at radius 1 is 0.882 bits per heavy atom. The molecule has 0 aromatic heterocycles. The van der Waals surface area contributed by atoms with Gasteiger partial charge in [-0.1, -0.05) is 0 Å². The summed E-state index contributed by atoms with van der Waals surface area (Å²) in [4.78, 5) is 3.69. The number of thiocarbonyl (C=S) groups is 2. The third-order valence-electron chi connectivity index (χ3n) is 0.881. The van der Waals surface area contributed by atoms with Crippen molar-refractivity contribution < 1.29 is 26.5 Å². The Balaban J connectivity index is -0.000000218. The molecule has 0 heterocycles. The van der Waals surface area contributed by atoms with Gasteiger partial charge in [0.1, 0.15) is 13.5 Å². The Morgan fingerprint density at radius 3 is 1.18 bits per heavy atom. The van der Waals surface area contributed by atoms with Crippen molar-refractivity contribution in [2.24, 2.45) is 0 Å². The van der Waals surface area contributed by atoms with Crippen LogP contribution in [0, 0.1) is 0 Å². The van der Waals surface area contributed by atoms with E-state index in [-0.39, 0.29) is 25.8 Å². The van der Waals surface area contributed by atoms with E-state index in [2.05, 4.69) is 49.7 Å². The summed E-state index contributed by atoms with van der Waals surface area (Å²) < 4.78 is 9.91. The minimum atomic E-state index is 0. The van der Waals surface area contributed by atoms with Crippen LogP contribution in [-0.4, -0.2) is 60.2 Å². The fourth-order valence-electron chi connectivity index (χ4n) is 0.364. The van der Waals surface area contributed by atoms with E-state index in [9.17, 15) is 0 Å². The molecule has 0 rings (SSSR count). The number of hydrogen-bond donors (Lipinski definition) is 0. The molecule has 0 spiro atoms. The molecular formula is C8H16MnN2O2S4. The van der Waals surface area contributed by atoms with Gasteiger partial charge in [-0.15, -0.1) is 0 Å². The van der Waals surface area contributed by atoms with E-state index in [0.29, 0.717) is 13.5 Å². The summed E-state index contributed by atoms with van der Waals surface area (Å²) in [5.74, 6) is 0. The smallest absolute Gasteiger partial charge is 0.498 e. The van der Waals surface area contributed by atoms with Gasteiger partial charge in [0, 0.05) is 8.77 Å². The summed E-state index contributed by atoms with van der Waals surface area (Å²) in [7, 11) is 7.53. The number of rotatable bonds is 4. The Kier molecular flexibility index (Phi) is 19.7. The van der Waals surface area contributed by atoms with Gasteiger partial charge in [0.2, 0.25) is 0 Å². The first-order chi connectivity index (χ1) is 7.25. The molecule has 101 valence electrons. The average molecular weight is 355 g/mol. The molecule has 0 aliphatic carbocycles. The molecule has 0 N–H and O–H groups in total. The van der Waals surface area contributed by atoms with Crippen LogP contribution in [0.1, 0.15) is 0 Å². The average Bonchev–Trinajstić information content (AvgIpc) is 2.12. The fraction of sp³-hybridized carbons (Fsp3) is 0.750. The topological polar surface area (TPSA) is 24.9 Å². The zero-order chi connectivity index (χ0) is 13.1. The Hall–Kier alpha value is 0.659. The summed E-state index contributed by atoms with van der Waals surface area (Å²) >= 11 is 17.9. The number of ether oxygens (including phenoxy) is 2. The molecule has 0 unspecified atom stereocenters. The summed E-state index contributed by atoms with van der Waals surface area (Å²) in [6.07, 6.45) is 0. The SMILES string of the molecule is CN(C)COC(=S)[S-].CN(C)COC(=S)[S-].[Mn+2]. The second-order valence-electron chi connectivity index (χ2n) is 3.21. The standard InChI is InChI=1S/2C4H9NOS2.Mn/c2*1-5(2)3-6-4(7)8;/h2*3H2,1-2H3,(H,7,8);/q;;+2/p-2. The molecule has 0 atom stereocenters. The second kappa shape index (κ2) is 14.7. The molecule has 4 nitrogen and oxygen atoms in total. The molecule has 0 aliphatic rings. The van der Waals surface area contributed by atoms with Crippen molar-refractivity contribution in [1.82, 2.24) is 9.80 Å². The normalized spacial score (nSPS) is 8.82. The van der Waals surface area contributed by atoms with E-state index in [1.165, 1.54) is 0 Å². The molecule has 0 aromatic carbocycles. The van der Waals surface area contributed by atoms with Crippen molar-refractivity contribution in [2.45, 2.75) is 0 Å². The molecule has 0 aromatic rings. The third kappa shape index (κ3) is 31.5. The fourth-order valence-corrected chi connectivity index (χ4v) is 0.574. The monoisotopic (exact) mass is 355 g/mol. The van der Waals surface area contributed by atoms with Gasteiger partial charge in [-0.2, -0.15) is 0 Å². The van der Waals surface area contributed by atoms with Crippen molar-refractivity contribution in [2.75, 3.05) is 41.7 Å². The van der Waals surface area contributed by atoms with Crippen molar-refractivity contribution >= 4 is 58.5 Å². The molecular weight excluding hydrogens is 339 g/mol. The first-order valence-electron chi connectivity index (χ1n) is 4.22. The van der Waals surface area contributed by atoms with Gasteiger partial charge in [-0.05, 0) is 28.2 Å². The van der Waals surface area contributed by atoms with E-state index in [1.807, 2.05) is 38.0 Å². The zero-order valence-electron chi connectivity index (χ0n) is 10.1. The summed E-state index contributed by atoms with van der Waals surface area (Å²) in [5, 5.41) is 0. The van der Waals surface area contributed by atoms with Gasteiger partial charge in [0.25, 0.3) is 0 Å². The van der Waals surface area contributed by atoms with Gasteiger partial charge in [-0.3, -0.25) is 9.80 Å². The van der Waals surface area contributed by atoms with Crippen LogP contribution in [0.15, 0.2) is 0 Å². The van der Waals surface area contributed by atoms with E-state index >= 15 is 0 Å². The Bertz CT molecular complexity index is 196. The zero-order valence-corrected chi connectivity index (χ0v) is 14.6. The van der Waals surface area contributed by atoms with Crippen LogP contribution < -0.4 is 0 Å². The van der Waals surface area contributed by atoms with Gasteiger partial charge in [0.15, 0.2) is 0 Å². The predicted octanol–water partition coefficient (Wildman–Crippen LogP) is 0.705. The third-order valence-corrected chi connectivity index (χ3v) is 1.35. The van der Waals surface area contributed by atoms with E-state index in [0.717, 1.165) is 0 Å². The van der Waals surface area contributed by atoms with Crippen LogP contribution >= 0.6 is 24.4 Å². The second-order valence-corrected chi connectivity index (χ2v) is 5.21. The molecule has 0 fully saturated rings. The van der Waals surface area contributed by atoms with Gasteiger partial charge >= 0.3 is 17.1 Å². The van der Waals surface area contributed by atoms with E-state index in [4.69, 9.17) is 9.47 Å². The summed E-state index contributed by atoms with van der Waals surface area (Å²) in [6.45, 7) is 0.949. The molecule has 17 heavy (non-hydrogen) atoms. The molecule has 1 radical (unpaired) electrons. The predicted molar refractivity (Wildman–Crippen MR) is 79.2 cm³/mol. The molecule has 0 aliphatic heterocycles. The van der Waals surface area contributed by atoms with Crippen LogP contribution in [0.2, 0.25) is 0 Å². The van der Waals surface area contributed by atoms with Crippen molar-refractivity contribution in [3.05, 3.63) is 0 Å². The van der Waals surface area contributed by atoms with Crippen molar-refractivity contribution in [1.29, 1.82) is 0 Å². The number of hydrogen-bond acceptors (Lipinski definition) is 8. The van der Waals surface area contributed by atoms with Crippen LogP contribution in [0.3, 0.4) is 0 Å². The van der Waals surface area contributed by atoms with Crippen LogP contribution in [-0.2, 0) is 51.8 Å². The van der Waals surface area contributed by atoms with Crippen LogP contribution in [0.25, 0.3) is 0 Å². The van der Waals surface area contributed by atoms with Crippen LogP contribution in [0.5, 0.6) is 0 Å². The molecule has 0 amide bonds. The quantitative estimate of drug-likeness (QED) is 0.315. The molecule has 0 bridgehead atoms. The van der Waals surface area contributed by atoms with Gasteiger partial charge < -0.3 is 59.2 Å². The van der Waals surface area contributed by atoms with E-state index < -0.39 is 0 Å². The maximum Gasteiger partial charge on any atom is 2.00 e. The minimum absolute atomic E-state index is 0. The Morgan fingerprint density at radius 2 is 1.12 bits per heavy atom. The maximum atomic E-state index is 4.78. The number of nitrogens with zero attached hydrogens (tertiary/aromatic N) is 2. The van der Waals surface area contributed by atoms with Crippen LogP contribution in [0.4, 0.5) is 0 Å². The first kappa shape index (κ1) is 22.8. The van der Waals surface area contributed by atoms with Crippen molar-refractivity contribution in [3.8, 4) is 0 Å². The van der Waals surface area contributed by atoms with E-state index in [1.54, 1.807) is 0 Å². The maximum absolute atomic E-state index is 4.78. The Labute approximate surface area is 136 Å². The summed E-state index contributed by atoms with van der Waals surface area (Å²) in [6, 6.07) is 0. The van der Waals surface area contributed by atoms with Gasteiger partial charge in [-0.25, -0.2) is 0 Å². The summed E-state index contributed by atoms with van der Waals surface area (Å²) in [5.41, 5.74) is 0. The first-order valence-corrected chi connectivity index (χ1v) is 5.86. The molecule has 0 saturated carbocycles. The van der Waals surface area contributed by atoms with Crippen molar-refractivity contribution in [3.63, 3.8) is 0 Å². The molecule has 9 heteroatoms.